The molecule has 0 radical (unpaired) electrons. The van der Waals surface area contributed by atoms with Crippen molar-refractivity contribution in [1.29, 1.82) is 5.26 Å². The van der Waals surface area contributed by atoms with E-state index in [2.05, 4.69) is 12.2 Å². The Morgan fingerprint density at radius 1 is 1.75 bits per heavy atom. The molecule has 0 aromatic heterocycles. The monoisotopic (exact) mass is 138 g/mol. The molecule has 0 heterocycles. The van der Waals surface area contributed by atoms with Crippen LogP contribution in [0.2, 0.25) is 0 Å². The summed E-state index contributed by atoms with van der Waals surface area (Å²) in [5.41, 5.74) is 0. The van der Waals surface area contributed by atoms with Crippen LogP contribution in [0.1, 0.15) is 21.2 Å². The van der Waals surface area contributed by atoms with Gasteiger partial charge in [-0.2, -0.15) is 5.26 Å². The summed E-state index contributed by atoms with van der Waals surface area (Å²) in [6.45, 7) is 2.92. The maximum absolute atomic E-state index is 7.93. The van der Waals surface area contributed by atoms with Gasteiger partial charge in [0.05, 0.1) is 0 Å². The molecule has 42 valence electrons. The summed E-state index contributed by atoms with van der Waals surface area (Å²) in [4.78, 5) is 0. The Kier molecular flexibility index (Phi) is 15.8. The van der Waals surface area contributed by atoms with Crippen LogP contribution in [0, 0.1) is 11.5 Å². The van der Waals surface area contributed by atoms with Crippen molar-refractivity contribution in [2.24, 2.45) is 0 Å². The Bertz CT molecular complexity index is 71.8. The van der Waals surface area contributed by atoms with Gasteiger partial charge in [-0.1, -0.05) is 13.3 Å². The van der Waals surface area contributed by atoms with E-state index in [1.165, 1.54) is 0 Å². The third-order valence-electron chi connectivity index (χ3n) is 0.734. The van der Waals surface area contributed by atoms with Crippen LogP contribution in [0.15, 0.2) is 0 Å². The summed E-state index contributed by atoms with van der Waals surface area (Å²) in [6, 6.07) is 0. The van der Waals surface area contributed by atoms with Crippen molar-refractivity contribution in [3.05, 3.63) is 0 Å². The molecule has 0 atom stereocenters. The van der Waals surface area contributed by atoms with Gasteiger partial charge in [0.1, 0.15) is 0 Å². The number of nitrogens with zero attached hydrogens (tertiary/aromatic N) is 1. The molecule has 0 rings (SSSR count). The Hall–Kier alpha value is 0.926. The topological polar surface area (TPSA) is 35.8 Å². The molecule has 0 aliphatic rings. The minimum atomic E-state index is 0. The summed E-state index contributed by atoms with van der Waals surface area (Å²) in [7, 11) is 0. The van der Waals surface area contributed by atoms with Gasteiger partial charge in [-0.15, -0.1) is 0 Å². The first-order chi connectivity index (χ1) is 3.41. The van der Waals surface area contributed by atoms with Crippen molar-refractivity contribution in [2.75, 3.05) is 6.54 Å². The second kappa shape index (κ2) is 10.8. The zero-order chi connectivity index (χ0) is 5.54. The van der Waals surface area contributed by atoms with Crippen LogP contribution < -0.4 is 56.7 Å². The van der Waals surface area contributed by atoms with E-state index < -0.39 is 0 Å². The van der Waals surface area contributed by atoms with Crippen LogP contribution in [-0.4, -0.2) is 6.54 Å². The number of hydrogen-bond donors (Lipinski definition) is 1. The van der Waals surface area contributed by atoms with Gasteiger partial charge in [-0.05, 0) is 6.42 Å². The van der Waals surface area contributed by atoms with E-state index >= 15 is 0 Å². The SMILES string of the molecule is CCCCNC#N.[H-].[K+]. The van der Waals surface area contributed by atoms with Gasteiger partial charge >= 0.3 is 51.4 Å². The van der Waals surface area contributed by atoms with Crippen LogP contribution in [0.5, 0.6) is 0 Å². The van der Waals surface area contributed by atoms with Gasteiger partial charge in [0, 0.05) is 6.54 Å². The number of rotatable bonds is 3. The van der Waals surface area contributed by atoms with Crippen molar-refractivity contribution in [2.45, 2.75) is 19.8 Å². The van der Waals surface area contributed by atoms with Crippen LogP contribution in [0.25, 0.3) is 0 Å². The zero-order valence-electron chi connectivity index (χ0n) is 6.57. The summed E-state index contributed by atoms with van der Waals surface area (Å²) < 4.78 is 0. The molecule has 3 heteroatoms. The fourth-order valence-electron chi connectivity index (χ4n) is 0.321. The summed E-state index contributed by atoms with van der Waals surface area (Å²) in [6.07, 6.45) is 4.09. The molecule has 0 fully saturated rings. The number of hydrogen-bond acceptors (Lipinski definition) is 2. The van der Waals surface area contributed by atoms with Gasteiger partial charge < -0.3 is 6.74 Å². The van der Waals surface area contributed by atoms with Crippen LogP contribution in [0.3, 0.4) is 0 Å². The molecule has 0 saturated carbocycles. The van der Waals surface area contributed by atoms with E-state index in [9.17, 15) is 0 Å². The summed E-state index contributed by atoms with van der Waals surface area (Å²) in [5, 5.41) is 10.5. The molecule has 0 bridgehead atoms. The molecule has 1 N–H and O–H groups in total. The molecule has 0 spiro atoms. The molecule has 0 aliphatic heterocycles. The Labute approximate surface area is 94.5 Å². The van der Waals surface area contributed by atoms with E-state index in [0.29, 0.717) is 0 Å². The Morgan fingerprint density at radius 3 is 2.75 bits per heavy atom. The largest absolute Gasteiger partial charge is 1.00 e. The van der Waals surface area contributed by atoms with E-state index in [1.807, 2.05) is 6.19 Å². The predicted octanol–water partition coefficient (Wildman–Crippen LogP) is -2.03. The maximum atomic E-state index is 7.93. The van der Waals surface area contributed by atoms with Gasteiger partial charge in [-0.3, -0.25) is 0 Å². The van der Waals surface area contributed by atoms with E-state index in [0.717, 1.165) is 19.4 Å². The standard InChI is InChI=1S/C5H10N2.K.H/c1-2-3-4-7-5-6;;/h7H,2-4H2,1H3;;/q;+1;-1. The smallest absolute Gasteiger partial charge is 1.00 e. The molecule has 0 aromatic rings. The van der Waals surface area contributed by atoms with Gasteiger partial charge in [0.15, 0.2) is 6.19 Å². The van der Waals surface area contributed by atoms with Crippen molar-refractivity contribution in [3.8, 4) is 6.19 Å². The van der Waals surface area contributed by atoms with Crippen molar-refractivity contribution >= 4 is 0 Å². The summed E-state index contributed by atoms with van der Waals surface area (Å²) >= 11 is 0. The van der Waals surface area contributed by atoms with Crippen molar-refractivity contribution in [1.82, 2.24) is 5.32 Å². The maximum Gasteiger partial charge on any atom is 1.00 e. The van der Waals surface area contributed by atoms with Crippen molar-refractivity contribution in [3.63, 3.8) is 0 Å². The molecule has 0 saturated heterocycles. The first kappa shape index (κ1) is 11.7. The number of nitriles is 1. The number of unbranched alkanes of at least 4 members (excludes halogenated alkanes) is 1. The minimum absolute atomic E-state index is 0. The minimum Gasteiger partial charge on any atom is -1.00 e. The third kappa shape index (κ3) is 10.0. The normalized spacial score (nSPS) is 6.50. The predicted molar refractivity (Wildman–Crippen MR) is 29.6 cm³/mol. The fraction of sp³-hybridized carbons (Fsp3) is 0.800. The first-order valence-corrected chi connectivity index (χ1v) is 2.53. The van der Waals surface area contributed by atoms with Crippen LogP contribution >= 0.6 is 0 Å². The summed E-state index contributed by atoms with van der Waals surface area (Å²) in [5.74, 6) is 0. The average molecular weight is 138 g/mol. The van der Waals surface area contributed by atoms with Gasteiger partial charge in [0.25, 0.3) is 0 Å². The van der Waals surface area contributed by atoms with E-state index in [1.54, 1.807) is 0 Å². The van der Waals surface area contributed by atoms with Gasteiger partial charge in [-0.25, -0.2) is 0 Å². The molecule has 0 aromatic carbocycles. The van der Waals surface area contributed by atoms with E-state index in [4.69, 9.17) is 5.26 Å². The molecule has 0 unspecified atom stereocenters. The second-order valence-electron chi connectivity index (χ2n) is 1.39. The zero-order valence-corrected chi connectivity index (χ0v) is 8.69. The van der Waals surface area contributed by atoms with Gasteiger partial charge in [0.2, 0.25) is 0 Å². The Morgan fingerprint density at radius 2 is 2.38 bits per heavy atom. The Balaban J connectivity index is -0.000000180. The molecular formula is C5H11KN2. The first-order valence-electron chi connectivity index (χ1n) is 2.53. The van der Waals surface area contributed by atoms with Crippen LogP contribution in [0.4, 0.5) is 0 Å². The fourth-order valence-corrected chi connectivity index (χ4v) is 0.321. The molecule has 2 nitrogen and oxygen atoms in total. The molecule has 0 amide bonds. The third-order valence-corrected chi connectivity index (χ3v) is 0.734. The van der Waals surface area contributed by atoms with Crippen molar-refractivity contribution < 1.29 is 52.8 Å². The molecule has 0 aliphatic carbocycles. The molecular weight excluding hydrogens is 127 g/mol. The average Bonchev–Trinajstić information content (AvgIpc) is 1.69. The number of nitrogens with one attached hydrogen (secondary N) is 1. The quantitative estimate of drug-likeness (QED) is 0.211. The van der Waals surface area contributed by atoms with Crippen LogP contribution in [-0.2, 0) is 0 Å². The molecule has 8 heavy (non-hydrogen) atoms. The van der Waals surface area contributed by atoms with E-state index in [-0.39, 0.29) is 52.8 Å². The second-order valence-corrected chi connectivity index (χ2v) is 1.39.